The highest BCUT2D eigenvalue weighted by atomic mass is 16.6. The Morgan fingerprint density at radius 3 is 2.62 bits per heavy atom. The van der Waals surface area contributed by atoms with Crippen molar-refractivity contribution >= 4 is 11.9 Å². The van der Waals surface area contributed by atoms with Crippen LogP contribution in [0.1, 0.15) is 69.4 Å². The Morgan fingerprint density at radius 1 is 1.10 bits per heavy atom. The molecular formula is C31H40N4O5. The molecule has 4 atom stereocenters. The number of piperidine rings is 1. The van der Waals surface area contributed by atoms with Crippen molar-refractivity contribution in [2.45, 2.75) is 87.3 Å². The number of phenols is 1. The quantitative estimate of drug-likeness (QED) is 0.367. The van der Waals surface area contributed by atoms with Crippen molar-refractivity contribution in [2.24, 2.45) is 11.8 Å². The van der Waals surface area contributed by atoms with E-state index in [9.17, 15) is 19.8 Å². The number of hydrogen-bond donors (Lipinski definition) is 3. The van der Waals surface area contributed by atoms with Crippen molar-refractivity contribution in [1.29, 1.82) is 0 Å². The van der Waals surface area contributed by atoms with Crippen LogP contribution in [-0.2, 0) is 21.5 Å². The molecule has 0 aromatic heterocycles. The molecule has 7 rings (SSSR count). The Kier molecular flexibility index (Phi) is 5.90. The van der Waals surface area contributed by atoms with Crippen LogP contribution in [0.25, 0.3) is 0 Å². The average Bonchev–Trinajstić information content (AvgIpc) is 3.75. The van der Waals surface area contributed by atoms with E-state index < -0.39 is 16.6 Å². The normalized spacial score (nSPS) is 35.5. The number of allylic oxidation sites excluding steroid dienone is 3. The van der Waals surface area contributed by atoms with Gasteiger partial charge in [-0.2, -0.15) is 0 Å². The van der Waals surface area contributed by atoms with Gasteiger partial charge in [-0.25, -0.2) is 10.7 Å². The third-order valence-electron chi connectivity index (χ3n) is 11.1. The van der Waals surface area contributed by atoms with Crippen molar-refractivity contribution in [1.82, 2.24) is 14.7 Å². The van der Waals surface area contributed by atoms with Crippen LogP contribution in [0.4, 0.5) is 4.79 Å². The Hall–Kier alpha value is -2.88. The van der Waals surface area contributed by atoms with Gasteiger partial charge in [-0.05, 0) is 106 Å². The fraction of sp³-hybridized carbons (Fsp3) is 0.613. The standard InChI is InChI=1S/C31H40N4O5/c1-2-35-28(39)34(18-21-5-8-23(36)9-6-21)27(38)30(35)11-12-31(40-32)26-15-22-7-10-24(37)16-25(22)29(31,19-30)13-14-33(26)17-20-3-4-20/h5,7-8,10,16,20,26,36-37H,2-4,6,9,11-15,17-19,32H2,1H3/t26-,29-,30+,31-/m1/s1. The highest BCUT2D eigenvalue weighted by Gasteiger charge is 2.73. The number of aromatic hydroxyl groups is 1. The Labute approximate surface area is 235 Å². The summed E-state index contributed by atoms with van der Waals surface area (Å²) in [4.78, 5) is 40.3. The molecule has 3 amide bonds. The highest BCUT2D eigenvalue weighted by Crippen LogP contribution is 2.63. The monoisotopic (exact) mass is 548 g/mol. The molecule has 0 unspecified atom stereocenters. The van der Waals surface area contributed by atoms with E-state index in [4.69, 9.17) is 10.7 Å². The average molecular weight is 549 g/mol. The number of rotatable bonds is 6. The molecule has 9 heteroatoms. The number of hydrogen-bond acceptors (Lipinski definition) is 7. The number of carbonyl (C=O) groups excluding carboxylic acids is 2. The molecule has 2 saturated carbocycles. The van der Waals surface area contributed by atoms with Crippen LogP contribution in [0.2, 0.25) is 0 Å². The van der Waals surface area contributed by atoms with Crippen LogP contribution in [-0.4, -0.2) is 80.2 Å². The molecule has 0 radical (unpaired) electrons. The molecule has 2 bridgehead atoms. The minimum atomic E-state index is -0.996. The van der Waals surface area contributed by atoms with Crippen molar-refractivity contribution in [3.63, 3.8) is 0 Å². The van der Waals surface area contributed by atoms with E-state index in [1.54, 1.807) is 17.0 Å². The van der Waals surface area contributed by atoms with Gasteiger partial charge < -0.3 is 15.1 Å². The Balaban J connectivity index is 1.32. The van der Waals surface area contributed by atoms with E-state index in [0.29, 0.717) is 44.4 Å². The van der Waals surface area contributed by atoms with Gasteiger partial charge in [0.1, 0.15) is 16.9 Å². The Morgan fingerprint density at radius 2 is 1.93 bits per heavy atom. The van der Waals surface area contributed by atoms with E-state index in [-0.39, 0.29) is 30.3 Å². The second-order valence-corrected chi connectivity index (χ2v) is 12.9. The summed E-state index contributed by atoms with van der Waals surface area (Å²) < 4.78 is 0. The lowest BCUT2D eigenvalue weighted by atomic mass is 9.46. The number of amides is 3. The number of carbonyl (C=O) groups is 2. The molecule has 40 heavy (non-hydrogen) atoms. The lowest BCUT2D eigenvalue weighted by Crippen LogP contribution is -2.77. The summed E-state index contributed by atoms with van der Waals surface area (Å²) in [5, 5.41) is 20.4. The summed E-state index contributed by atoms with van der Waals surface area (Å²) >= 11 is 0. The van der Waals surface area contributed by atoms with Crippen LogP contribution < -0.4 is 5.90 Å². The molecule has 9 nitrogen and oxygen atoms in total. The van der Waals surface area contributed by atoms with Crippen LogP contribution in [0, 0.1) is 5.92 Å². The zero-order valence-corrected chi connectivity index (χ0v) is 23.3. The number of fused-ring (bicyclic) bond motifs is 1. The molecule has 2 saturated heterocycles. The maximum absolute atomic E-state index is 14.5. The fourth-order valence-electron chi connectivity index (χ4n) is 8.97. The number of aliphatic hydroxyl groups is 1. The van der Waals surface area contributed by atoms with E-state index >= 15 is 0 Å². The van der Waals surface area contributed by atoms with Gasteiger partial charge in [-0.1, -0.05) is 12.1 Å². The molecule has 1 aromatic rings. The lowest BCUT2D eigenvalue weighted by Gasteiger charge is -2.67. The van der Waals surface area contributed by atoms with Gasteiger partial charge in [-0.3, -0.25) is 19.4 Å². The maximum Gasteiger partial charge on any atom is 0.327 e. The first-order chi connectivity index (χ1) is 19.3. The molecule has 4 N–H and O–H groups in total. The molecule has 1 aromatic carbocycles. The van der Waals surface area contributed by atoms with E-state index in [1.165, 1.54) is 23.3 Å². The van der Waals surface area contributed by atoms with Crippen LogP contribution in [0.15, 0.2) is 41.7 Å². The number of likely N-dealkylation sites (tertiary alicyclic amines) is 1. The molecular weight excluding hydrogens is 508 g/mol. The van der Waals surface area contributed by atoms with Crippen LogP contribution in [0.5, 0.6) is 5.75 Å². The zero-order valence-electron chi connectivity index (χ0n) is 23.3. The number of imide groups is 1. The molecule has 2 heterocycles. The number of likely N-dealkylation sites (N-methyl/N-ethyl adjacent to an activating group) is 1. The van der Waals surface area contributed by atoms with Crippen molar-refractivity contribution in [3.05, 3.63) is 52.8 Å². The summed E-state index contributed by atoms with van der Waals surface area (Å²) in [5.74, 6) is 7.41. The topological polar surface area (TPSA) is 120 Å². The lowest BCUT2D eigenvalue weighted by molar-refractivity contribution is -0.218. The minimum absolute atomic E-state index is 0.0755. The van der Waals surface area contributed by atoms with Gasteiger partial charge in [0.15, 0.2) is 0 Å². The largest absolute Gasteiger partial charge is 0.512 e. The minimum Gasteiger partial charge on any atom is -0.512 e. The van der Waals surface area contributed by atoms with Crippen LogP contribution >= 0.6 is 0 Å². The van der Waals surface area contributed by atoms with Gasteiger partial charge in [0.25, 0.3) is 5.91 Å². The SMILES string of the molecule is CCN1C(=O)N(CC2=CC=C(O)CC2)C(=O)[C@@]12CC[C@@]1(ON)[C@H]3Cc4ccc(O)cc4[C@@]1(CCN3CC1CC1)C2. The third-order valence-corrected chi connectivity index (χ3v) is 11.1. The van der Waals surface area contributed by atoms with Gasteiger partial charge in [-0.15, -0.1) is 0 Å². The Bertz CT molecular complexity index is 1320. The summed E-state index contributed by atoms with van der Waals surface area (Å²) in [5.41, 5.74) is 0.826. The van der Waals surface area contributed by atoms with Gasteiger partial charge in [0.2, 0.25) is 0 Å². The van der Waals surface area contributed by atoms with Crippen molar-refractivity contribution in [3.8, 4) is 5.75 Å². The molecule has 2 aliphatic heterocycles. The first-order valence-corrected chi connectivity index (χ1v) is 14.9. The first-order valence-electron chi connectivity index (χ1n) is 14.9. The maximum atomic E-state index is 14.5. The van der Waals surface area contributed by atoms with E-state index in [1.807, 2.05) is 25.1 Å². The van der Waals surface area contributed by atoms with Crippen LogP contribution in [0.3, 0.4) is 0 Å². The zero-order chi connectivity index (χ0) is 27.9. The molecule has 1 spiro atoms. The predicted octanol–water partition coefficient (Wildman–Crippen LogP) is 3.67. The number of aliphatic hydroxyl groups excluding tert-OH is 1. The van der Waals surface area contributed by atoms with E-state index in [2.05, 4.69) is 4.90 Å². The molecule has 214 valence electrons. The van der Waals surface area contributed by atoms with Gasteiger partial charge in [0, 0.05) is 31.0 Å². The first kappa shape index (κ1) is 26.0. The smallest absolute Gasteiger partial charge is 0.327 e. The third kappa shape index (κ3) is 3.50. The summed E-state index contributed by atoms with van der Waals surface area (Å²) in [6, 6.07) is 5.45. The second kappa shape index (κ2) is 9.06. The predicted molar refractivity (Wildman–Crippen MR) is 148 cm³/mol. The number of phenolic OH excluding ortho intramolecular Hbond substituents is 1. The summed E-state index contributed by atoms with van der Waals surface area (Å²) in [6.07, 6.45) is 10.2. The fourth-order valence-corrected chi connectivity index (χ4v) is 8.97. The van der Waals surface area contributed by atoms with E-state index in [0.717, 1.165) is 43.0 Å². The van der Waals surface area contributed by atoms with Gasteiger partial charge in [0.05, 0.1) is 12.3 Å². The number of benzene rings is 1. The second-order valence-electron chi connectivity index (χ2n) is 12.9. The molecule has 6 aliphatic rings. The number of urea groups is 1. The highest BCUT2D eigenvalue weighted by molar-refractivity contribution is 6.07. The number of nitrogens with zero attached hydrogens (tertiary/aromatic N) is 3. The molecule has 4 aliphatic carbocycles. The summed E-state index contributed by atoms with van der Waals surface area (Å²) in [7, 11) is 0. The summed E-state index contributed by atoms with van der Waals surface area (Å²) in [6.45, 7) is 4.52. The number of nitrogens with two attached hydrogens (primary N) is 1. The molecule has 4 fully saturated rings. The van der Waals surface area contributed by atoms with Gasteiger partial charge >= 0.3 is 6.03 Å². The van der Waals surface area contributed by atoms with Crippen molar-refractivity contribution < 1.29 is 24.6 Å². The van der Waals surface area contributed by atoms with Crippen molar-refractivity contribution in [2.75, 3.05) is 26.2 Å².